The standard InChI is InChI=1S/C12H21NO/c1-3-5-7-11(13-9-4-2)12-8-6-10-14-12/h1,11-13H,4-10H2,2H3. The molecule has 1 heterocycles. The highest BCUT2D eigenvalue weighted by Crippen LogP contribution is 2.18. The Labute approximate surface area is 87.4 Å². The van der Waals surface area contributed by atoms with Crippen LogP contribution in [0.25, 0.3) is 0 Å². The van der Waals surface area contributed by atoms with Crippen molar-refractivity contribution in [2.45, 2.75) is 51.2 Å². The molecular weight excluding hydrogens is 174 g/mol. The summed E-state index contributed by atoms with van der Waals surface area (Å²) in [5.74, 6) is 2.70. The van der Waals surface area contributed by atoms with E-state index < -0.39 is 0 Å². The van der Waals surface area contributed by atoms with E-state index in [4.69, 9.17) is 11.2 Å². The second kappa shape index (κ2) is 6.86. The quantitative estimate of drug-likeness (QED) is 0.654. The third-order valence-corrected chi connectivity index (χ3v) is 2.67. The second-order valence-electron chi connectivity index (χ2n) is 3.85. The van der Waals surface area contributed by atoms with Crippen LogP contribution >= 0.6 is 0 Å². The third-order valence-electron chi connectivity index (χ3n) is 2.67. The van der Waals surface area contributed by atoms with Crippen molar-refractivity contribution in [2.75, 3.05) is 13.2 Å². The van der Waals surface area contributed by atoms with Crippen LogP contribution in [0.3, 0.4) is 0 Å². The van der Waals surface area contributed by atoms with Crippen molar-refractivity contribution in [1.82, 2.24) is 5.32 Å². The number of hydrogen-bond donors (Lipinski definition) is 1. The highest BCUT2D eigenvalue weighted by Gasteiger charge is 2.24. The molecule has 80 valence electrons. The van der Waals surface area contributed by atoms with Crippen LogP contribution in [0, 0.1) is 12.3 Å². The molecule has 1 rings (SSSR count). The van der Waals surface area contributed by atoms with Crippen LogP contribution in [0.4, 0.5) is 0 Å². The number of ether oxygens (including phenoxy) is 1. The van der Waals surface area contributed by atoms with Gasteiger partial charge in [-0.2, -0.15) is 0 Å². The molecule has 0 amide bonds. The minimum absolute atomic E-state index is 0.398. The molecule has 0 bridgehead atoms. The maximum atomic E-state index is 5.68. The van der Waals surface area contributed by atoms with Crippen molar-refractivity contribution in [3.8, 4) is 12.3 Å². The van der Waals surface area contributed by atoms with Crippen molar-refractivity contribution in [2.24, 2.45) is 0 Å². The summed E-state index contributed by atoms with van der Waals surface area (Å²) in [5, 5.41) is 3.53. The molecule has 0 aromatic carbocycles. The Hall–Kier alpha value is -0.520. The Morgan fingerprint density at radius 2 is 2.50 bits per heavy atom. The van der Waals surface area contributed by atoms with Gasteiger partial charge in [0.1, 0.15) is 0 Å². The zero-order valence-electron chi connectivity index (χ0n) is 9.09. The molecule has 0 spiro atoms. The molecule has 0 saturated carbocycles. The fraction of sp³-hybridized carbons (Fsp3) is 0.833. The maximum Gasteiger partial charge on any atom is 0.0729 e. The van der Waals surface area contributed by atoms with E-state index in [-0.39, 0.29) is 0 Å². The number of terminal acetylenes is 1. The van der Waals surface area contributed by atoms with E-state index >= 15 is 0 Å². The zero-order valence-corrected chi connectivity index (χ0v) is 9.09. The fourth-order valence-electron chi connectivity index (χ4n) is 1.91. The molecule has 2 atom stereocenters. The van der Waals surface area contributed by atoms with E-state index in [0.29, 0.717) is 12.1 Å². The molecule has 1 aliphatic rings. The smallest absolute Gasteiger partial charge is 0.0729 e. The second-order valence-corrected chi connectivity index (χ2v) is 3.85. The van der Waals surface area contributed by atoms with Gasteiger partial charge in [0.15, 0.2) is 0 Å². The van der Waals surface area contributed by atoms with Gasteiger partial charge in [0.2, 0.25) is 0 Å². The van der Waals surface area contributed by atoms with Gasteiger partial charge >= 0.3 is 0 Å². The van der Waals surface area contributed by atoms with Crippen LogP contribution in [0.1, 0.15) is 39.0 Å². The first-order valence-electron chi connectivity index (χ1n) is 5.67. The van der Waals surface area contributed by atoms with E-state index in [1.54, 1.807) is 0 Å². The van der Waals surface area contributed by atoms with Crippen molar-refractivity contribution in [3.63, 3.8) is 0 Å². The van der Waals surface area contributed by atoms with E-state index in [9.17, 15) is 0 Å². The first-order valence-corrected chi connectivity index (χ1v) is 5.67. The summed E-state index contributed by atoms with van der Waals surface area (Å²) in [6.07, 6.45) is 11.1. The van der Waals surface area contributed by atoms with Gasteiger partial charge in [0.25, 0.3) is 0 Å². The summed E-state index contributed by atoms with van der Waals surface area (Å²) in [7, 11) is 0. The van der Waals surface area contributed by atoms with Crippen molar-refractivity contribution in [1.29, 1.82) is 0 Å². The molecule has 14 heavy (non-hydrogen) atoms. The summed E-state index contributed by atoms with van der Waals surface area (Å²) < 4.78 is 5.68. The van der Waals surface area contributed by atoms with Crippen molar-refractivity contribution >= 4 is 0 Å². The summed E-state index contributed by atoms with van der Waals surface area (Å²) in [5.41, 5.74) is 0. The minimum atomic E-state index is 0.398. The largest absolute Gasteiger partial charge is 0.377 e. The Morgan fingerprint density at radius 1 is 1.64 bits per heavy atom. The van der Waals surface area contributed by atoms with Gasteiger partial charge in [-0.15, -0.1) is 12.3 Å². The maximum absolute atomic E-state index is 5.68. The molecular formula is C12H21NO. The lowest BCUT2D eigenvalue weighted by molar-refractivity contribution is 0.0761. The van der Waals surface area contributed by atoms with E-state index in [1.165, 1.54) is 19.3 Å². The van der Waals surface area contributed by atoms with Gasteiger partial charge in [-0.1, -0.05) is 6.92 Å². The summed E-state index contributed by atoms with van der Waals surface area (Å²) in [6.45, 7) is 4.17. The molecule has 1 aliphatic heterocycles. The monoisotopic (exact) mass is 195 g/mol. The van der Waals surface area contributed by atoms with Crippen molar-refractivity contribution in [3.05, 3.63) is 0 Å². The van der Waals surface area contributed by atoms with Crippen molar-refractivity contribution < 1.29 is 4.74 Å². The molecule has 0 aromatic rings. The number of hydrogen-bond acceptors (Lipinski definition) is 2. The minimum Gasteiger partial charge on any atom is -0.377 e. The van der Waals surface area contributed by atoms with Crippen LogP contribution in [0.5, 0.6) is 0 Å². The SMILES string of the molecule is C#CCCC(NCCC)C1CCCO1. The fourth-order valence-corrected chi connectivity index (χ4v) is 1.91. The summed E-state index contributed by atoms with van der Waals surface area (Å²) in [6, 6.07) is 0.466. The lowest BCUT2D eigenvalue weighted by Gasteiger charge is -2.23. The van der Waals surface area contributed by atoms with Crippen LogP contribution in [0.2, 0.25) is 0 Å². The molecule has 0 radical (unpaired) electrons. The Bertz CT molecular complexity index is 179. The normalized spacial score (nSPS) is 23.3. The van der Waals surface area contributed by atoms with Gasteiger partial charge in [0.05, 0.1) is 6.10 Å². The van der Waals surface area contributed by atoms with Gasteiger partial charge in [-0.3, -0.25) is 0 Å². The molecule has 0 aliphatic carbocycles. The van der Waals surface area contributed by atoms with Gasteiger partial charge in [0, 0.05) is 19.1 Å². The summed E-state index contributed by atoms with van der Waals surface area (Å²) in [4.78, 5) is 0. The van der Waals surface area contributed by atoms with Crippen LogP contribution < -0.4 is 5.32 Å². The highest BCUT2D eigenvalue weighted by atomic mass is 16.5. The summed E-state index contributed by atoms with van der Waals surface area (Å²) >= 11 is 0. The topological polar surface area (TPSA) is 21.3 Å². The number of rotatable bonds is 6. The molecule has 0 aromatic heterocycles. The van der Waals surface area contributed by atoms with E-state index in [1.807, 2.05) is 0 Å². The van der Waals surface area contributed by atoms with Gasteiger partial charge in [-0.25, -0.2) is 0 Å². The molecule has 1 N–H and O–H groups in total. The highest BCUT2D eigenvalue weighted by molar-refractivity contribution is 4.89. The molecule has 1 saturated heterocycles. The predicted octanol–water partition coefficient (Wildman–Crippen LogP) is 1.95. The molecule has 1 fully saturated rings. The van der Waals surface area contributed by atoms with E-state index in [0.717, 1.165) is 26.0 Å². The Morgan fingerprint density at radius 3 is 3.07 bits per heavy atom. The zero-order chi connectivity index (χ0) is 10.2. The first-order chi connectivity index (χ1) is 6.88. The molecule has 2 nitrogen and oxygen atoms in total. The molecule has 2 unspecified atom stereocenters. The van der Waals surface area contributed by atoms with Gasteiger partial charge < -0.3 is 10.1 Å². The third kappa shape index (κ3) is 3.69. The first kappa shape index (κ1) is 11.6. The lowest BCUT2D eigenvalue weighted by Crippen LogP contribution is -2.39. The Kier molecular flexibility index (Phi) is 5.66. The number of nitrogens with one attached hydrogen (secondary N) is 1. The van der Waals surface area contributed by atoms with Crippen LogP contribution in [-0.2, 0) is 4.74 Å². The molecule has 2 heteroatoms. The van der Waals surface area contributed by atoms with Gasteiger partial charge in [-0.05, 0) is 32.2 Å². The predicted molar refractivity (Wildman–Crippen MR) is 59.1 cm³/mol. The van der Waals surface area contributed by atoms with E-state index in [2.05, 4.69) is 18.2 Å². The average Bonchev–Trinajstić information content (AvgIpc) is 2.71. The Balaban J connectivity index is 2.30. The van der Waals surface area contributed by atoms with Crippen LogP contribution in [0.15, 0.2) is 0 Å². The lowest BCUT2D eigenvalue weighted by atomic mass is 10.0. The van der Waals surface area contributed by atoms with Crippen LogP contribution in [-0.4, -0.2) is 25.3 Å². The average molecular weight is 195 g/mol.